The molecule has 1 aliphatic heterocycles. The van der Waals surface area contributed by atoms with Crippen molar-refractivity contribution in [2.75, 3.05) is 6.54 Å². The van der Waals surface area contributed by atoms with Crippen molar-refractivity contribution in [3.63, 3.8) is 0 Å². The Morgan fingerprint density at radius 3 is 2.24 bits per heavy atom. The van der Waals surface area contributed by atoms with Gasteiger partial charge in [-0.1, -0.05) is 30.3 Å². The Hall–Kier alpha value is -2.92. The van der Waals surface area contributed by atoms with Gasteiger partial charge in [-0.25, -0.2) is 8.42 Å². The lowest BCUT2D eigenvalue weighted by atomic mass is 9.38. The van der Waals surface area contributed by atoms with E-state index in [1.54, 1.807) is 25.1 Å². The van der Waals surface area contributed by atoms with Gasteiger partial charge >= 0.3 is 6.18 Å². The van der Waals surface area contributed by atoms with Crippen LogP contribution in [0, 0.1) is 5.41 Å². The number of rotatable bonds is 8. The van der Waals surface area contributed by atoms with E-state index in [-0.39, 0.29) is 28.8 Å². The average Bonchev–Trinajstić information content (AvgIpc) is 3.20. The van der Waals surface area contributed by atoms with Gasteiger partial charge in [-0.3, -0.25) is 9.79 Å². The quantitative estimate of drug-likeness (QED) is 0.520. The van der Waals surface area contributed by atoms with Crippen molar-refractivity contribution in [2.45, 2.75) is 74.8 Å². The van der Waals surface area contributed by atoms with Gasteiger partial charge < -0.3 is 10.6 Å². The number of carbonyl (C=O) groups excluding carboxylic acids is 1. The summed E-state index contributed by atoms with van der Waals surface area (Å²) in [5.74, 6) is 0.593. The molecule has 7 nitrogen and oxygen atoms in total. The first-order valence-electron chi connectivity index (χ1n) is 12.6. The molecule has 6 rings (SSSR count). The molecule has 204 valence electrons. The average molecular weight is 549 g/mol. The maximum absolute atomic E-state index is 13.8. The van der Waals surface area contributed by atoms with E-state index < -0.39 is 32.8 Å². The fourth-order valence-corrected chi connectivity index (χ4v) is 7.65. The van der Waals surface area contributed by atoms with E-state index in [0.717, 1.165) is 18.0 Å². The Morgan fingerprint density at radius 1 is 1.08 bits per heavy atom. The van der Waals surface area contributed by atoms with Crippen LogP contribution >= 0.6 is 0 Å². The number of halogens is 3. The molecule has 3 fully saturated rings. The van der Waals surface area contributed by atoms with E-state index in [0.29, 0.717) is 31.4 Å². The van der Waals surface area contributed by atoms with Gasteiger partial charge in [-0.2, -0.15) is 17.5 Å². The Labute approximate surface area is 220 Å². The SMILES string of the molecule is CC(C)NC(=O)[C@@]1(C)CN=C(C23CC(N(Cc4ccc(C(F)(F)F)cc4)S(=O)(=O)c4ccccc4)(C2)C3)N1. The summed E-state index contributed by atoms with van der Waals surface area (Å²) in [7, 11) is -3.93. The highest BCUT2D eigenvalue weighted by Gasteiger charge is 2.75. The first-order valence-corrected chi connectivity index (χ1v) is 14.0. The van der Waals surface area contributed by atoms with Crippen LogP contribution in [0.2, 0.25) is 0 Å². The van der Waals surface area contributed by atoms with Gasteiger partial charge in [-0.15, -0.1) is 0 Å². The topological polar surface area (TPSA) is 90.9 Å². The summed E-state index contributed by atoms with van der Waals surface area (Å²) in [6, 6.07) is 12.7. The van der Waals surface area contributed by atoms with Crippen molar-refractivity contribution in [1.82, 2.24) is 14.9 Å². The number of amides is 1. The molecule has 2 aromatic carbocycles. The summed E-state index contributed by atoms with van der Waals surface area (Å²) in [6.07, 6.45) is -2.88. The molecule has 1 amide bonds. The van der Waals surface area contributed by atoms with Gasteiger partial charge in [0.2, 0.25) is 15.9 Å². The summed E-state index contributed by atoms with van der Waals surface area (Å²) in [6.45, 7) is 5.84. The molecule has 0 unspecified atom stereocenters. The highest BCUT2D eigenvalue weighted by Crippen LogP contribution is 2.71. The van der Waals surface area contributed by atoms with Gasteiger partial charge in [0.25, 0.3) is 0 Å². The van der Waals surface area contributed by atoms with Crippen molar-refractivity contribution >= 4 is 21.8 Å². The zero-order valence-corrected chi connectivity index (χ0v) is 22.3. The Kier molecular flexibility index (Phi) is 6.18. The van der Waals surface area contributed by atoms with Crippen molar-refractivity contribution in [2.24, 2.45) is 10.4 Å². The minimum atomic E-state index is -4.47. The maximum atomic E-state index is 13.8. The summed E-state index contributed by atoms with van der Waals surface area (Å²) >= 11 is 0. The number of alkyl halides is 3. The monoisotopic (exact) mass is 548 g/mol. The van der Waals surface area contributed by atoms with Crippen LogP contribution in [0.3, 0.4) is 0 Å². The number of nitrogens with zero attached hydrogens (tertiary/aromatic N) is 2. The third kappa shape index (κ3) is 4.39. The molecular weight excluding hydrogens is 517 g/mol. The first-order chi connectivity index (χ1) is 17.7. The molecule has 11 heteroatoms. The lowest BCUT2D eigenvalue weighted by Gasteiger charge is -2.73. The summed E-state index contributed by atoms with van der Waals surface area (Å²) in [5.41, 5.74) is -2.16. The smallest absolute Gasteiger partial charge is 0.358 e. The molecule has 4 aliphatic rings. The van der Waals surface area contributed by atoms with Crippen LogP contribution in [0.4, 0.5) is 13.2 Å². The molecule has 1 atom stereocenters. The predicted molar refractivity (Wildman–Crippen MR) is 137 cm³/mol. The molecule has 3 saturated carbocycles. The van der Waals surface area contributed by atoms with E-state index in [1.165, 1.54) is 28.6 Å². The van der Waals surface area contributed by atoms with E-state index in [2.05, 4.69) is 15.6 Å². The number of sulfonamides is 1. The lowest BCUT2D eigenvalue weighted by molar-refractivity contribution is -0.151. The second-order valence-corrected chi connectivity index (χ2v) is 13.2. The first kappa shape index (κ1) is 26.7. The number of hydrogen-bond donors (Lipinski definition) is 2. The number of amidine groups is 1. The highest BCUT2D eigenvalue weighted by molar-refractivity contribution is 7.89. The second-order valence-electron chi connectivity index (χ2n) is 11.3. The molecule has 2 aromatic rings. The molecule has 1 heterocycles. The van der Waals surface area contributed by atoms with E-state index in [4.69, 9.17) is 0 Å². The number of aliphatic imine (C=N–C) groups is 1. The molecule has 38 heavy (non-hydrogen) atoms. The molecule has 0 saturated heterocycles. The van der Waals surface area contributed by atoms with Crippen LogP contribution in [0.1, 0.15) is 51.2 Å². The third-order valence-electron chi connectivity index (χ3n) is 7.84. The van der Waals surface area contributed by atoms with Crippen LogP contribution in [0.15, 0.2) is 64.5 Å². The lowest BCUT2D eigenvalue weighted by Crippen LogP contribution is -2.79. The number of nitrogens with one attached hydrogen (secondary N) is 2. The van der Waals surface area contributed by atoms with Crippen molar-refractivity contribution < 1.29 is 26.4 Å². The Bertz CT molecular complexity index is 1350. The van der Waals surface area contributed by atoms with Gasteiger partial charge in [0, 0.05) is 23.5 Å². The van der Waals surface area contributed by atoms with Crippen LogP contribution in [0.5, 0.6) is 0 Å². The predicted octanol–water partition coefficient (Wildman–Crippen LogP) is 4.10. The number of benzene rings is 2. The minimum Gasteiger partial charge on any atom is -0.358 e. The molecule has 2 bridgehead atoms. The van der Waals surface area contributed by atoms with Crippen LogP contribution in [-0.4, -0.2) is 48.1 Å². The van der Waals surface area contributed by atoms with E-state index in [1.807, 2.05) is 13.8 Å². The van der Waals surface area contributed by atoms with Crippen molar-refractivity contribution in [1.29, 1.82) is 0 Å². The van der Waals surface area contributed by atoms with Gasteiger partial charge in [-0.05, 0) is 69.9 Å². The van der Waals surface area contributed by atoms with Gasteiger partial charge in [0.05, 0.1) is 17.0 Å². The van der Waals surface area contributed by atoms with Crippen LogP contribution < -0.4 is 10.6 Å². The van der Waals surface area contributed by atoms with Gasteiger partial charge in [0.1, 0.15) is 11.4 Å². The maximum Gasteiger partial charge on any atom is 0.416 e. The fraction of sp³-hybridized carbons (Fsp3) is 0.481. The van der Waals surface area contributed by atoms with Crippen molar-refractivity contribution in [3.8, 4) is 0 Å². The fourth-order valence-electron chi connectivity index (χ4n) is 5.87. The van der Waals surface area contributed by atoms with Crippen LogP contribution in [0.25, 0.3) is 0 Å². The third-order valence-corrected chi connectivity index (χ3v) is 9.81. The standard InChI is InChI=1S/C27H31F3N4O3S/c1-18(2)32-23(35)24(3)17-31-22(33-24)25-14-26(15-25,16-25)34(38(36,37)21-7-5-4-6-8-21)13-19-9-11-20(12-10-19)27(28,29)30/h4-12,18H,13-17H2,1-3H3,(H,31,33)(H,32,35)/t24-,25?,26?/m1/s1. The second kappa shape index (κ2) is 8.81. The summed E-state index contributed by atoms with van der Waals surface area (Å²) < 4.78 is 68.2. The summed E-state index contributed by atoms with van der Waals surface area (Å²) in [4.78, 5) is 17.5. The molecular formula is C27H31F3N4O3S. The van der Waals surface area contributed by atoms with Gasteiger partial charge in [0.15, 0.2) is 0 Å². The van der Waals surface area contributed by atoms with Crippen molar-refractivity contribution in [3.05, 3.63) is 65.7 Å². The number of hydrogen-bond acceptors (Lipinski definition) is 5. The Morgan fingerprint density at radius 2 is 1.68 bits per heavy atom. The molecule has 2 N–H and O–H groups in total. The highest BCUT2D eigenvalue weighted by atomic mass is 32.2. The zero-order chi connectivity index (χ0) is 27.6. The Balaban J connectivity index is 1.37. The normalized spacial score (nSPS) is 28.4. The minimum absolute atomic E-state index is 0.00894. The zero-order valence-electron chi connectivity index (χ0n) is 21.5. The summed E-state index contributed by atoms with van der Waals surface area (Å²) in [5, 5.41) is 6.23. The van der Waals surface area contributed by atoms with E-state index in [9.17, 15) is 26.4 Å². The molecule has 3 aliphatic carbocycles. The largest absolute Gasteiger partial charge is 0.416 e. The molecule has 0 spiro atoms. The number of carbonyl (C=O) groups is 1. The molecule has 0 radical (unpaired) electrons. The van der Waals surface area contributed by atoms with E-state index >= 15 is 0 Å². The van der Waals surface area contributed by atoms with Crippen LogP contribution in [-0.2, 0) is 27.5 Å². The molecule has 0 aromatic heterocycles.